The SMILES string of the molecule is CCCc1n[nH]c(=S)n1CC(=O)NC[C@H]1CCC[C@@H]1O. The van der Waals surface area contributed by atoms with E-state index in [2.05, 4.69) is 22.4 Å². The molecule has 1 heterocycles. The van der Waals surface area contributed by atoms with Crippen LogP contribution in [0.1, 0.15) is 38.4 Å². The van der Waals surface area contributed by atoms with Gasteiger partial charge in [-0.15, -0.1) is 0 Å². The van der Waals surface area contributed by atoms with Crippen LogP contribution < -0.4 is 5.32 Å². The molecule has 0 aliphatic heterocycles. The van der Waals surface area contributed by atoms with Crippen molar-refractivity contribution in [2.24, 2.45) is 5.92 Å². The van der Waals surface area contributed by atoms with Crippen molar-refractivity contribution in [1.82, 2.24) is 20.1 Å². The molecule has 1 aromatic rings. The molecule has 112 valence electrons. The molecule has 0 spiro atoms. The van der Waals surface area contributed by atoms with Crippen LogP contribution in [0, 0.1) is 10.7 Å². The lowest BCUT2D eigenvalue weighted by Gasteiger charge is -2.15. The number of aromatic amines is 1. The summed E-state index contributed by atoms with van der Waals surface area (Å²) in [7, 11) is 0. The molecule has 20 heavy (non-hydrogen) atoms. The number of nitrogens with one attached hydrogen (secondary N) is 2. The first kappa shape index (κ1) is 15.2. The molecule has 3 N–H and O–H groups in total. The lowest BCUT2D eigenvalue weighted by Crippen LogP contribution is -2.34. The van der Waals surface area contributed by atoms with Crippen LogP contribution in [0.15, 0.2) is 0 Å². The van der Waals surface area contributed by atoms with Gasteiger partial charge in [0.1, 0.15) is 12.4 Å². The van der Waals surface area contributed by atoms with Gasteiger partial charge in [-0.25, -0.2) is 0 Å². The Hall–Kier alpha value is -1.21. The van der Waals surface area contributed by atoms with E-state index in [-0.39, 0.29) is 24.5 Å². The van der Waals surface area contributed by atoms with Crippen LogP contribution in [0.5, 0.6) is 0 Å². The number of aliphatic hydroxyl groups excluding tert-OH is 1. The van der Waals surface area contributed by atoms with Crippen LogP contribution >= 0.6 is 12.2 Å². The number of hydrogen-bond acceptors (Lipinski definition) is 4. The first-order chi connectivity index (χ1) is 9.61. The first-order valence-electron chi connectivity index (χ1n) is 7.20. The maximum absolute atomic E-state index is 12.0. The minimum absolute atomic E-state index is 0.0843. The molecule has 2 rings (SSSR count). The molecule has 7 heteroatoms. The summed E-state index contributed by atoms with van der Waals surface area (Å²) in [6, 6.07) is 0. The molecule has 0 aromatic carbocycles. The van der Waals surface area contributed by atoms with Crippen LogP contribution in [0.25, 0.3) is 0 Å². The van der Waals surface area contributed by atoms with Gasteiger partial charge in [-0.1, -0.05) is 13.3 Å². The fourth-order valence-corrected chi connectivity index (χ4v) is 2.84. The summed E-state index contributed by atoms with van der Waals surface area (Å²) in [5.74, 6) is 0.916. The molecule has 0 radical (unpaired) electrons. The van der Waals surface area contributed by atoms with E-state index in [0.717, 1.165) is 37.9 Å². The van der Waals surface area contributed by atoms with E-state index in [1.54, 1.807) is 4.57 Å². The highest BCUT2D eigenvalue weighted by atomic mass is 32.1. The van der Waals surface area contributed by atoms with Crippen molar-refractivity contribution in [2.75, 3.05) is 6.54 Å². The Morgan fingerprint density at radius 3 is 3.05 bits per heavy atom. The zero-order valence-electron chi connectivity index (χ0n) is 11.8. The van der Waals surface area contributed by atoms with Crippen molar-refractivity contribution in [2.45, 2.75) is 51.7 Å². The predicted octanol–water partition coefficient (Wildman–Crippen LogP) is 1.17. The second kappa shape index (κ2) is 6.99. The molecule has 1 aliphatic carbocycles. The highest BCUT2D eigenvalue weighted by Gasteiger charge is 2.25. The number of carbonyl (C=O) groups excluding carboxylic acids is 1. The molecule has 1 aliphatic rings. The fourth-order valence-electron chi connectivity index (χ4n) is 2.63. The number of carbonyl (C=O) groups is 1. The van der Waals surface area contributed by atoms with Crippen LogP contribution in [0.4, 0.5) is 0 Å². The van der Waals surface area contributed by atoms with Gasteiger partial charge in [-0.2, -0.15) is 5.10 Å². The second-order valence-corrected chi connectivity index (χ2v) is 5.73. The van der Waals surface area contributed by atoms with Crippen molar-refractivity contribution in [3.05, 3.63) is 10.6 Å². The van der Waals surface area contributed by atoms with E-state index in [9.17, 15) is 9.90 Å². The van der Waals surface area contributed by atoms with Crippen molar-refractivity contribution in [1.29, 1.82) is 0 Å². The summed E-state index contributed by atoms with van der Waals surface area (Å²) in [5, 5.41) is 19.5. The average Bonchev–Trinajstić information content (AvgIpc) is 2.97. The number of rotatable bonds is 6. The van der Waals surface area contributed by atoms with Crippen molar-refractivity contribution >= 4 is 18.1 Å². The maximum Gasteiger partial charge on any atom is 0.240 e. The third-order valence-electron chi connectivity index (χ3n) is 3.79. The van der Waals surface area contributed by atoms with E-state index in [0.29, 0.717) is 11.3 Å². The van der Waals surface area contributed by atoms with Gasteiger partial charge in [0.15, 0.2) is 4.77 Å². The van der Waals surface area contributed by atoms with Gasteiger partial charge < -0.3 is 10.4 Å². The Kier molecular flexibility index (Phi) is 5.31. The van der Waals surface area contributed by atoms with Gasteiger partial charge in [-0.3, -0.25) is 14.5 Å². The van der Waals surface area contributed by atoms with Crippen molar-refractivity contribution in [3.63, 3.8) is 0 Å². The third kappa shape index (κ3) is 3.67. The highest BCUT2D eigenvalue weighted by Crippen LogP contribution is 2.24. The number of amides is 1. The fraction of sp³-hybridized carbons (Fsp3) is 0.769. The lowest BCUT2D eigenvalue weighted by molar-refractivity contribution is -0.122. The van der Waals surface area contributed by atoms with Crippen molar-refractivity contribution < 1.29 is 9.90 Å². The van der Waals surface area contributed by atoms with E-state index in [4.69, 9.17) is 12.2 Å². The number of aromatic nitrogens is 3. The Bertz CT molecular complexity index is 511. The van der Waals surface area contributed by atoms with Gasteiger partial charge >= 0.3 is 0 Å². The maximum atomic E-state index is 12.0. The monoisotopic (exact) mass is 298 g/mol. The standard InChI is InChI=1S/C13H22N4O2S/c1-2-4-11-15-16-13(20)17(11)8-12(19)14-7-9-5-3-6-10(9)18/h9-10,18H,2-8H2,1H3,(H,14,19)(H,16,20)/t9-,10+/m1/s1. The molecule has 0 bridgehead atoms. The lowest BCUT2D eigenvalue weighted by atomic mass is 10.1. The predicted molar refractivity (Wildman–Crippen MR) is 77.8 cm³/mol. The quantitative estimate of drug-likeness (QED) is 0.689. The molecule has 0 saturated heterocycles. The van der Waals surface area contributed by atoms with Gasteiger partial charge in [-0.05, 0) is 31.5 Å². The second-order valence-electron chi connectivity index (χ2n) is 5.34. The molecule has 2 atom stereocenters. The summed E-state index contributed by atoms with van der Waals surface area (Å²) in [5.41, 5.74) is 0. The number of aryl methyl sites for hydroxylation is 1. The van der Waals surface area contributed by atoms with Gasteiger partial charge in [0.2, 0.25) is 5.91 Å². The number of aliphatic hydroxyl groups is 1. The first-order valence-corrected chi connectivity index (χ1v) is 7.61. The number of H-pyrrole nitrogens is 1. The molecule has 6 nitrogen and oxygen atoms in total. The van der Waals surface area contributed by atoms with Crippen molar-refractivity contribution in [3.8, 4) is 0 Å². The van der Waals surface area contributed by atoms with E-state index >= 15 is 0 Å². The summed E-state index contributed by atoms with van der Waals surface area (Å²) >= 11 is 5.14. The van der Waals surface area contributed by atoms with Crippen LogP contribution in [-0.2, 0) is 17.8 Å². The molecule has 1 amide bonds. The molecular formula is C13H22N4O2S. The topological polar surface area (TPSA) is 82.9 Å². The Morgan fingerprint density at radius 1 is 1.60 bits per heavy atom. The summed E-state index contributed by atoms with van der Waals surface area (Å²) in [6.07, 6.45) is 4.33. The van der Waals surface area contributed by atoms with Crippen LogP contribution in [-0.4, -0.2) is 38.4 Å². The van der Waals surface area contributed by atoms with E-state index < -0.39 is 0 Å². The highest BCUT2D eigenvalue weighted by molar-refractivity contribution is 7.71. The smallest absolute Gasteiger partial charge is 0.240 e. The Labute approximate surface area is 123 Å². The average molecular weight is 298 g/mol. The molecule has 1 fully saturated rings. The largest absolute Gasteiger partial charge is 0.393 e. The minimum Gasteiger partial charge on any atom is -0.393 e. The summed E-state index contributed by atoms with van der Waals surface area (Å²) in [4.78, 5) is 12.0. The van der Waals surface area contributed by atoms with Gasteiger partial charge in [0.25, 0.3) is 0 Å². The molecular weight excluding hydrogens is 276 g/mol. The normalized spacial score (nSPS) is 22.1. The minimum atomic E-state index is -0.276. The summed E-state index contributed by atoms with van der Waals surface area (Å²) in [6.45, 7) is 2.78. The van der Waals surface area contributed by atoms with E-state index in [1.807, 2.05) is 0 Å². The number of hydrogen-bond donors (Lipinski definition) is 3. The van der Waals surface area contributed by atoms with Crippen LogP contribution in [0.3, 0.4) is 0 Å². The Morgan fingerprint density at radius 2 is 2.40 bits per heavy atom. The third-order valence-corrected chi connectivity index (χ3v) is 4.10. The number of nitrogens with zero attached hydrogens (tertiary/aromatic N) is 2. The van der Waals surface area contributed by atoms with Gasteiger partial charge in [0, 0.05) is 18.9 Å². The molecule has 1 saturated carbocycles. The zero-order chi connectivity index (χ0) is 14.5. The molecule has 1 aromatic heterocycles. The summed E-state index contributed by atoms with van der Waals surface area (Å²) < 4.78 is 2.21. The van der Waals surface area contributed by atoms with Crippen LogP contribution in [0.2, 0.25) is 0 Å². The molecule has 0 unspecified atom stereocenters. The van der Waals surface area contributed by atoms with Gasteiger partial charge in [0.05, 0.1) is 6.10 Å². The van der Waals surface area contributed by atoms with E-state index in [1.165, 1.54) is 0 Å². The Balaban J connectivity index is 1.88. The zero-order valence-corrected chi connectivity index (χ0v) is 12.6.